The number of aliphatic hydroxyl groups excluding tert-OH is 1. The van der Waals surface area contributed by atoms with E-state index in [0.29, 0.717) is 23.4 Å². The fraction of sp³-hybridized carbons (Fsp3) is 0.455. The molecule has 5 rings (SSSR count). The summed E-state index contributed by atoms with van der Waals surface area (Å²) in [6.45, 7) is 6.07. The Hall–Kier alpha value is -3.09. The van der Waals surface area contributed by atoms with Crippen molar-refractivity contribution in [1.82, 2.24) is 10.1 Å². The summed E-state index contributed by atoms with van der Waals surface area (Å²) < 4.78 is 30.6. The summed E-state index contributed by atoms with van der Waals surface area (Å²) in [7, 11) is -4.04. The van der Waals surface area contributed by atoms with Crippen LogP contribution in [0.3, 0.4) is 0 Å². The number of sulfonamides is 1. The first kappa shape index (κ1) is 32.3. The largest absolute Gasteiger partial charge is 0.385 e. The molecule has 0 saturated heterocycles. The van der Waals surface area contributed by atoms with Crippen molar-refractivity contribution in [3.05, 3.63) is 88.3 Å². The van der Waals surface area contributed by atoms with Gasteiger partial charge in [-0.2, -0.15) is 0 Å². The maximum Gasteiger partial charge on any atom is 0.238 e. The molecule has 236 valence electrons. The normalized spacial score (nSPS) is 20.6. The first-order chi connectivity index (χ1) is 21.0. The molecule has 1 aliphatic heterocycles. The number of nitrogens with two attached hydrogens (primary N) is 2. The van der Waals surface area contributed by atoms with Gasteiger partial charge in [0, 0.05) is 23.6 Å². The number of hydrogen-bond donors (Lipinski definition) is 3. The molecular weight excluding hydrogens is 595 g/mol. The van der Waals surface area contributed by atoms with Crippen LogP contribution in [0.4, 0.5) is 10.8 Å². The zero-order chi connectivity index (χ0) is 31.5. The molecular formula is C33H43N5O4S2. The highest BCUT2D eigenvalue weighted by molar-refractivity contribution is 7.89. The van der Waals surface area contributed by atoms with Gasteiger partial charge in [-0.25, -0.2) is 18.5 Å². The molecule has 0 aliphatic carbocycles. The number of primary sulfonamides is 1. The number of aliphatic hydroxyl groups is 1. The second-order valence-corrected chi connectivity index (χ2v) is 14.2. The van der Waals surface area contributed by atoms with Crippen molar-refractivity contribution in [2.45, 2.75) is 101 Å². The van der Waals surface area contributed by atoms with E-state index in [1.807, 2.05) is 30.3 Å². The van der Waals surface area contributed by atoms with E-state index in [4.69, 9.17) is 20.4 Å². The van der Waals surface area contributed by atoms with Gasteiger partial charge in [0.05, 0.1) is 27.4 Å². The Morgan fingerprint density at radius 2 is 1.77 bits per heavy atom. The molecule has 3 unspecified atom stereocenters. The van der Waals surface area contributed by atoms with Crippen LogP contribution < -0.4 is 15.8 Å². The summed E-state index contributed by atoms with van der Waals surface area (Å²) in [6.07, 6.45) is 7.56. The Balaban J connectivity index is 1.65. The molecule has 0 radical (unpaired) electrons. The molecule has 0 amide bonds. The molecule has 1 aliphatic rings. The molecule has 4 aromatic rings. The van der Waals surface area contributed by atoms with Crippen LogP contribution in [0.5, 0.6) is 0 Å². The van der Waals surface area contributed by atoms with E-state index in [-0.39, 0.29) is 11.3 Å². The molecule has 0 spiro atoms. The summed E-state index contributed by atoms with van der Waals surface area (Å²) in [4.78, 5) is 7.23. The minimum absolute atomic E-state index is 0.0257. The molecule has 3 atom stereocenters. The van der Waals surface area contributed by atoms with Crippen LogP contribution in [-0.4, -0.2) is 23.7 Å². The van der Waals surface area contributed by atoms with Gasteiger partial charge in [0.2, 0.25) is 10.0 Å². The van der Waals surface area contributed by atoms with Gasteiger partial charge in [-0.1, -0.05) is 81.4 Å². The van der Waals surface area contributed by atoms with Crippen molar-refractivity contribution < 1.29 is 18.0 Å². The number of nitrogens with zero attached hydrogens (tertiary/aromatic N) is 3. The van der Waals surface area contributed by atoms with Crippen LogP contribution in [0.15, 0.2) is 69.4 Å². The second kappa shape index (κ2) is 13.1. The van der Waals surface area contributed by atoms with E-state index in [1.165, 1.54) is 38.2 Å². The van der Waals surface area contributed by atoms with Gasteiger partial charge in [0.15, 0.2) is 10.9 Å². The fourth-order valence-corrected chi connectivity index (χ4v) is 8.22. The summed E-state index contributed by atoms with van der Waals surface area (Å²) in [5.74, 6) is 0.295. The molecule has 0 saturated carbocycles. The summed E-state index contributed by atoms with van der Waals surface area (Å²) in [5.41, 5.74) is 9.23. The average Bonchev–Trinajstić information content (AvgIpc) is 3.70. The number of aromatic nitrogens is 2. The highest BCUT2D eigenvalue weighted by Crippen LogP contribution is 2.62. The lowest BCUT2D eigenvalue weighted by Crippen LogP contribution is -2.59. The van der Waals surface area contributed by atoms with Crippen LogP contribution in [-0.2, 0) is 27.5 Å². The third-order valence-electron chi connectivity index (χ3n) is 8.91. The standard InChI is InChI=1S/C33H43N5O4S2/c1-4-6-7-8-9-13-16-25-22-43-31(36-25)38-28-18-17-26(44(35,40)41)20-27(28)32(34,21-29(39)30-19-23(3)37-42-30)33(38,5-2)24-14-11-10-12-15-24/h10-12,14-15,17-20,22,29,39H,4-9,13,16,21,34H2,1-3H3,(H2,35,40,41). The topological polar surface area (TPSA) is 149 Å². The molecule has 11 heteroatoms. The highest BCUT2D eigenvalue weighted by atomic mass is 32.2. The minimum atomic E-state index is -4.04. The number of hydrogen-bond acceptors (Lipinski definition) is 9. The molecule has 5 N–H and O–H groups in total. The van der Waals surface area contributed by atoms with Gasteiger partial charge in [-0.3, -0.25) is 0 Å². The lowest BCUT2D eigenvalue weighted by molar-refractivity contribution is 0.0751. The van der Waals surface area contributed by atoms with Gasteiger partial charge in [0.1, 0.15) is 6.10 Å². The Morgan fingerprint density at radius 3 is 2.43 bits per heavy atom. The summed E-state index contributed by atoms with van der Waals surface area (Å²) in [5, 5.41) is 24.0. The minimum Gasteiger partial charge on any atom is -0.385 e. The molecule has 2 aromatic carbocycles. The van der Waals surface area contributed by atoms with E-state index < -0.39 is 27.2 Å². The number of anilines is 2. The quantitative estimate of drug-likeness (QED) is 0.129. The van der Waals surface area contributed by atoms with Crippen molar-refractivity contribution in [2.24, 2.45) is 10.9 Å². The molecule has 44 heavy (non-hydrogen) atoms. The van der Waals surface area contributed by atoms with E-state index in [0.717, 1.165) is 34.9 Å². The van der Waals surface area contributed by atoms with E-state index >= 15 is 0 Å². The van der Waals surface area contributed by atoms with Crippen LogP contribution in [0.1, 0.15) is 99.6 Å². The average molecular weight is 638 g/mol. The zero-order valence-corrected chi connectivity index (χ0v) is 27.3. The first-order valence-electron chi connectivity index (χ1n) is 15.4. The number of unbranched alkanes of at least 4 members (excludes halogenated alkanes) is 5. The fourth-order valence-electron chi connectivity index (χ4n) is 6.74. The van der Waals surface area contributed by atoms with Crippen molar-refractivity contribution in [1.29, 1.82) is 0 Å². The maximum atomic E-state index is 12.6. The van der Waals surface area contributed by atoms with Crippen molar-refractivity contribution in [3.8, 4) is 0 Å². The maximum absolute atomic E-state index is 12.6. The number of thiazole rings is 1. The molecule has 2 aromatic heterocycles. The van der Waals surface area contributed by atoms with Crippen molar-refractivity contribution >= 4 is 32.2 Å². The lowest BCUT2D eigenvalue weighted by atomic mass is 9.67. The number of aryl methyl sites for hydroxylation is 2. The van der Waals surface area contributed by atoms with Crippen LogP contribution in [0.2, 0.25) is 0 Å². The third kappa shape index (κ3) is 5.95. The highest BCUT2D eigenvalue weighted by Gasteiger charge is 2.62. The van der Waals surface area contributed by atoms with Gasteiger partial charge in [-0.05, 0) is 55.5 Å². The Kier molecular flexibility index (Phi) is 9.62. The summed E-state index contributed by atoms with van der Waals surface area (Å²) >= 11 is 1.55. The van der Waals surface area contributed by atoms with Gasteiger partial charge < -0.3 is 20.3 Å². The predicted molar refractivity (Wildman–Crippen MR) is 174 cm³/mol. The Labute approximate surface area is 264 Å². The third-order valence-corrected chi connectivity index (χ3v) is 10.7. The SMILES string of the molecule is CCCCCCCCc1csc(N2c3ccc(S(N)(=O)=O)cc3C(N)(CC(O)c3cc(C)no3)C2(CC)c2ccccc2)n1. The molecule has 3 heterocycles. The number of fused-ring (bicyclic) bond motifs is 1. The van der Waals surface area contributed by atoms with Crippen LogP contribution in [0.25, 0.3) is 0 Å². The van der Waals surface area contributed by atoms with Crippen molar-refractivity contribution in [2.75, 3.05) is 4.90 Å². The van der Waals surface area contributed by atoms with Crippen LogP contribution >= 0.6 is 11.3 Å². The van der Waals surface area contributed by atoms with E-state index in [9.17, 15) is 13.5 Å². The summed E-state index contributed by atoms with van der Waals surface area (Å²) in [6, 6.07) is 16.5. The number of rotatable bonds is 14. The number of benzene rings is 2. The predicted octanol–water partition coefficient (Wildman–Crippen LogP) is 6.72. The Bertz CT molecular complexity index is 1670. The Morgan fingerprint density at radius 1 is 1.05 bits per heavy atom. The second-order valence-electron chi connectivity index (χ2n) is 11.8. The van der Waals surface area contributed by atoms with Gasteiger partial charge in [0.25, 0.3) is 0 Å². The lowest BCUT2D eigenvalue weighted by Gasteiger charge is -2.49. The van der Waals surface area contributed by atoms with E-state index in [1.54, 1.807) is 36.5 Å². The monoisotopic (exact) mass is 637 g/mol. The van der Waals surface area contributed by atoms with E-state index in [2.05, 4.69) is 29.3 Å². The van der Waals surface area contributed by atoms with Gasteiger partial charge >= 0.3 is 0 Å². The smallest absolute Gasteiger partial charge is 0.238 e. The molecule has 0 bridgehead atoms. The van der Waals surface area contributed by atoms with Crippen molar-refractivity contribution in [3.63, 3.8) is 0 Å². The first-order valence-corrected chi connectivity index (χ1v) is 17.9. The molecule has 0 fully saturated rings. The zero-order valence-electron chi connectivity index (χ0n) is 25.7. The molecule has 9 nitrogen and oxygen atoms in total. The van der Waals surface area contributed by atoms with Gasteiger partial charge in [-0.15, -0.1) is 11.3 Å². The van der Waals surface area contributed by atoms with Crippen LogP contribution in [0, 0.1) is 6.92 Å².